The van der Waals surface area contributed by atoms with Crippen LogP contribution in [0.2, 0.25) is 0 Å². The van der Waals surface area contributed by atoms with Gasteiger partial charge in [0, 0.05) is 0 Å². The molecule has 0 saturated carbocycles. The van der Waals surface area contributed by atoms with Crippen LogP contribution in [0, 0.1) is 0 Å². The predicted molar refractivity (Wildman–Crippen MR) is 20.8 cm³/mol. The van der Waals surface area contributed by atoms with Gasteiger partial charge in [-0.3, -0.25) is 0 Å². The maximum absolute atomic E-state index is 8.33. The Morgan fingerprint density at radius 1 is 0.818 bits per heavy atom. The van der Waals surface area contributed by atoms with E-state index in [4.69, 9.17) is 30.0 Å². The maximum atomic E-state index is 8.33. The molecule has 0 aliphatic rings. The van der Waals surface area contributed by atoms with Crippen LogP contribution in [0.1, 0.15) is 0 Å². The molecule has 0 aliphatic carbocycles. The molecule has 0 aliphatic heterocycles. The maximum Gasteiger partial charge on any atom is 2.00 e. The second-order valence-electron chi connectivity index (χ2n) is 0.500. The second-order valence-corrected chi connectivity index (χ2v) is 0.500. The zero-order valence-corrected chi connectivity index (χ0v) is 6.48. The number of carbonyl (C=O) groups excluding carboxylic acids is 2. The van der Waals surface area contributed by atoms with Crippen LogP contribution in [0.5, 0.6) is 0 Å². The molecule has 0 aromatic rings. The van der Waals surface area contributed by atoms with Gasteiger partial charge in [-0.1, -0.05) is 0 Å². The summed E-state index contributed by atoms with van der Waals surface area (Å²) in [4.78, 5) is 16.7. The normalized spacial score (nSPS) is 4.36. The molecule has 0 heterocycles. The first-order valence-corrected chi connectivity index (χ1v) is 1.22. The van der Waals surface area contributed by atoms with Gasteiger partial charge in [-0.25, -0.2) is 0 Å². The molecule has 11 heavy (non-hydrogen) atoms. The van der Waals surface area contributed by atoms with Gasteiger partial charge in [0.05, 0.1) is 0 Å². The molecule has 0 rings (SSSR count). The van der Waals surface area contributed by atoms with Crippen molar-refractivity contribution < 1.29 is 41.0 Å². The molecule has 8 nitrogen and oxygen atoms in total. The van der Waals surface area contributed by atoms with E-state index < -0.39 is 12.3 Å². The number of carbonyl (C=O) groups is 2. The van der Waals surface area contributed by atoms with Crippen molar-refractivity contribution in [1.82, 2.24) is 0 Å². The van der Waals surface area contributed by atoms with Gasteiger partial charge in [-0.2, -0.15) is 0 Å². The fourth-order valence-electron chi connectivity index (χ4n) is 0. The average molecular weight is 178 g/mol. The zero-order chi connectivity index (χ0) is 7.15. The summed E-state index contributed by atoms with van der Waals surface area (Å²) in [5, 5.41) is 33.3. The van der Waals surface area contributed by atoms with Crippen molar-refractivity contribution in [2.75, 3.05) is 0 Å². The Morgan fingerprint density at radius 3 is 0.818 bits per heavy atom. The van der Waals surface area contributed by atoms with Gasteiger partial charge < -0.3 is 35.5 Å². The van der Waals surface area contributed by atoms with Gasteiger partial charge >= 0.3 is 28.5 Å². The number of hydrogen-bond donors (Lipinski definition) is 0. The standard InChI is InChI=1S/2CH2O3.Mg.H2O.O/c2*2-1(3)4;;;/h2*(H2,2,3,4);;1H2;/q;;+2;;+2/p-4. The minimum atomic E-state index is -2.33. The third kappa shape index (κ3) is 805. The van der Waals surface area contributed by atoms with E-state index in [-0.39, 0.29) is 34.0 Å². The van der Waals surface area contributed by atoms with Crippen LogP contribution in [-0.2, 0) is 5.48 Å². The van der Waals surface area contributed by atoms with E-state index >= 15 is 0 Å². The minimum absolute atomic E-state index is 0. The van der Waals surface area contributed by atoms with E-state index in [0.717, 1.165) is 0 Å². The van der Waals surface area contributed by atoms with Crippen molar-refractivity contribution in [2.45, 2.75) is 0 Å². The first kappa shape index (κ1) is 31.9. The molecular weight excluding hydrogens is 176 g/mol. The van der Waals surface area contributed by atoms with Crippen LogP contribution in [0.3, 0.4) is 0 Å². The Kier molecular flexibility index (Phi) is 66.2. The SMILES string of the molecule is O.O=C([O-])[O-].O=C([O-])[O-].[Mg+2].[O+2]. The van der Waals surface area contributed by atoms with E-state index in [1.807, 2.05) is 0 Å². The molecule has 0 aromatic heterocycles. The van der Waals surface area contributed by atoms with Crippen LogP contribution in [-0.4, -0.2) is 40.8 Å². The fraction of sp³-hybridized carbons (Fsp3) is 0. The molecule has 0 bridgehead atoms. The fourth-order valence-corrected chi connectivity index (χ4v) is 0. The number of carboxylic acid groups (broad SMARTS) is 4. The summed E-state index contributed by atoms with van der Waals surface area (Å²) in [5.74, 6) is 0. The molecule has 0 amide bonds. The summed E-state index contributed by atoms with van der Waals surface area (Å²) in [7, 11) is 0. The molecule has 0 spiro atoms. The van der Waals surface area contributed by atoms with E-state index in [9.17, 15) is 0 Å². The van der Waals surface area contributed by atoms with Gasteiger partial charge in [0.25, 0.3) is 0 Å². The molecule has 2 N–H and O–H groups in total. The molecule has 0 saturated heterocycles. The van der Waals surface area contributed by atoms with Gasteiger partial charge in [-0.15, -0.1) is 0 Å². The van der Waals surface area contributed by atoms with Crippen molar-refractivity contribution in [3.8, 4) is 0 Å². The quantitative estimate of drug-likeness (QED) is 0.332. The molecule has 4 radical (unpaired) electrons. The second kappa shape index (κ2) is 22.9. The van der Waals surface area contributed by atoms with Crippen LogP contribution in [0.4, 0.5) is 9.59 Å². The van der Waals surface area contributed by atoms with Gasteiger partial charge in [-0.05, 0) is 12.3 Å². The van der Waals surface area contributed by atoms with Crippen LogP contribution < -0.4 is 20.4 Å². The predicted octanol–water partition coefficient (Wildman–Crippen LogP) is -6.22. The molecular formula is C2H2MgO8. The smallest absolute Gasteiger partial charge is 0.652 e. The largest absolute Gasteiger partial charge is 2.00 e. The van der Waals surface area contributed by atoms with Gasteiger partial charge in [0.2, 0.25) is 0 Å². The van der Waals surface area contributed by atoms with E-state index in [1.165, 1.54) is 0 Å². The Bertz CT molecular complexity index is 70.1. The van der Waals surface area contributed by atoms with Crippen LogP contribution in [0.25, 0.3) is 0 Å². The number of hydrogen-bond acceptors (Lipinski definition) is 6. The third-order valence-corrected chi connectivity index (χ3v) is 0. The molecule has 0 fully saturated rings. The summed E-state index contributed by atoms with van der Waals surface area (Å²) in [6, 6.07) is 0. The molecule has 60 valence electrons. The Hall–Kier alpha value is -0.774. The summed E-state index contributed by atoms with van der Waals surface area (Å²) in [5.41, 5.74) is 0. The van der Waals surface area contributed by atoms with Crippen molar-refractivity contribution in [3.05, 3.63) is 0 Å². The van der Waals surface area contributed by atoms with Crippen molar-refractivity contribution in [3.63, 3.8) is 0 Å². The molecule has 0 aromatic carbocycles. The first-order valence-electron chi connectivity index (χ1n) is 1.22. The summed E-state index contributed by atoms with van der Waals surface area (Å²) >= 11 is 0. The van der Waals surface area contributed by atoms with Crippen molar-refractivity contribution in [2.24, 2.45) is 0 Å². The summed E-state index contributed by atoms with van der Waals surface area (Å²) < 4.78 is 0. The Morgan fingerprint density at radius 2 is 0.818 bits per heavy atom. The van der Waals surface area contributed by atoms with Crippen LogP contribution >= 0.6 is 0 Å². The molecule has 0 atom stereocenters. The average Bonchev–Trinajstić information content (AvgIpc) is 1.25. The molecule has 0 unspecified atom stereocenters. The van der Waals surface area contributed by atoms with Crippen LogP contribution in [0.15, 0.2) is 0 Å². The van der Waals surface area contributed by atoms with Crippen molar-refractivity contribution in [1.29, 1.82) is 0 Å². The van der Waals surface area contributed by atoms with E-state index in [1.54, 1.807) is 0 Å². The van der Waals surface area contributed by atoms with Gasteiger partial charge in [0.1, 0.15) is 0 Å². The Labute approximate surface area is 76.8 Å². The van der Waals surface area contributed by atoms with E-state index in [0.29, 0.717) is 0 Å². The minimum Gasteiger partial charge on any atom is -0.652 e. The topological polar surface area (TPSA) is 186 Å². The van der Waals surface area contributed by atoms with E-state index in [2.05, 4.69) is 0 Å². The summed E-state index contributed by atoms with van der Waals surface area (Å²) in [6.45, 7) is 0. The monoisotopic (exact) mass is 178 g/mol. The summed E-state index contributed by atoms with van der Waals surface area (Å²) in [6.07, 6.45) is -4.67. The third-order valence-electron chi connectivity index (χ3n) is 0. The first-order chi connectivity index (χ1) is 3.46. The van der Waals surface area contributed by atoms with Gasteiger partial charge in [0.15, 0.2) is 0 Å². The van der Waals surface area contributed by atoms with Crippen molar-refractivity contribution >= 4 is 35.4 Å². The molecule has 9 heteroatoms. The zero-order valence-electron chi connectivity index (χ0n) is 5.06. The Balaban J connectivity index is -0.0000000171. The number of rotatable bonds is 0.